The summed E-state index contributed by atoms with van der Waals surface area (Å²) in [7, 11) is 0. The van der Waals surface area contributed by atoms with Crippen LogP contribution in [0.3, 0.4) is 0 Å². The fraction of sp³-hybridized carbons (Fsp3) is 0.333. The van der Waals surface area contributed by atoms with E-state index in [9.17, 15) is 10.1 Å². The molecule has 0 bridgehead atoms. The Bertz CT molecular complexity index is 612. The van der Waals surface area contributed by atoms with Crippen molar-refractivity contribution >= 4 is 35.3 Å². The maximum absolute atomic E-state index is 10.9. The molecule has 7 nitrogen and oxygen atoms in total. The van der Waals surface area contributed by atoms with Crippen molar-refractivity contribution in [2.45, 2.75) is 18.9 Å². The highest BCUT2D eigenvalue weighted by Crippen LogP contribution is 2.18. The third-order valence-electron chi connectivity index (χ3n) is 3.25. The average Bonchev–Trinajstić information content (AvgIpc) is 3.06. The lowest BCUT2D eigenvalue weighted by Gasteiger charge is -2.11. The highest BCUT2D eigenvalue weighted by Gasteiger charge is 2.14. The Morgan fingerprint density at radius 1 is 1.52 bits per heavy atom. The summed E-state index contributed by atoms with van der Waals surface area (Å²) in [6.07, 6.45) is 7.04. The molecule has 1 aromatic carbocycles. The summed E-state index contributed by atoms with van der Waals surface area (Å²) >= 11 is 5.08. The third kappa shape index (κ3) is 5.76. The quantitative estimate of drug-likeness (QED) is 0.359. The number of hydrogen-bond acceptors (Lipinski definition) is 5. The van der Waals surface area contributed by atoms with Crippen LogP contribution in [0, 0.1) is 10.1 Å². The molecule has 1 atom stereocenters. The molecular formula is C15H18N4O3S. The Balaban J connectivity index is 1.75. The van der Waals surface area contributed by atoms with Crippen molar-refractivity contribution in [2.75, 3.05) is 13.2 Å². The lowest BCUT2D eigenvalue weighted by molar-refractivity contribution is -0.385. The van der Waals surface area contributed by atoms with Gasteiger partial charge >= 0.3 is 0 Å². The van der Waals surface area contributed by atoms with Crippen LogP contribution in [0.15, 0.2) is 35.4 Å². The molecule has 1 fully saturated rings. The van der Waals surface area contributed by atoms with Gasteiger partial charge in [0, 0.05) is 25.4 Å². The second-order valence-electron chi connectivity index (χ2n) is 4.91. The first-order valence-corrected chi connectivity index (χ1v) is 7.66. The number of ether oxygens (including phenoxy) is 1. The van der Waals surface area contributed by atoms with Gasteiger partial charge in [-0.05, 0) is 43.3 Å². The minimum atomic E-state index is -0.417. The normalized spacial score (nSPS) is 17.7. The molecule has 0 saturated carbocycles. The minimum absolute atomic E-state index is 0.0545. The standard InChI is InChI=1S/C15H18N4O3S/c20-19(21)14-8-2-1-5-12(14)6-3-9-17-18-15(23)16-11-13-7-4-10-22-13/h1-3,5-6,8-9,13H,4,7,10-11H2,(H2,16,18,23). The van der Waals surface area contributed by atoms with E-state index in [1.165, 1.54) is 12.3 Å². The predicted octanol–water partition coefficient (Wildman–Crippen LogP) is 2.24. The van der Waals surface area contributed by atoms with E-state index in [4.69, 9.17) is 17.0 Å². The van der Waals surface area contributed by atoms with Crippen LogP contribution in [0.2, 0.25) is 0 Å². The highest BCUT2D eigenvalue weighted by molar-refractivity contribution is 7.80. The van der Waals surface area contributed by atoms with Crippen LogP contribution in [-0.2, 0) is 4.74 Å². The zero-order valence-electron chi connectivity index (χ0n) is 12.5. The zero-order valence-corrected chi connectivity index (χ0v) is 13.3. The molecule has 0 aliphatic carbocycles. The summed E-state index contributed by atoms with van der Waals surface area (Å²) in [6.45, 7) is 1.47. The van der Waals surface area contributed by atoms with E-state index >= 15 is 0 Å². The highest BCUT2D eigenvalue weighted by atomic mass is 32.1. The van der Waals surface area contributed by atoms with Gasteiger partial charge in [0.15, 0.2) is 5.11 Å². The van der Waals surface area contributed by atoms with Gasteiger partial charge in [-0.3, -0.25) is 15.5 Å². The first-order valence-electron chi connectivity index (χ1n) is 7.25. The van der Waals surface area contributed by atoms with Gasteiger partial charge in [0.05, 0.1) is 16.6 Å². The molecule has 122 valence electrons. The van der Waals surface area contributed by atoms with Gasteiger partial charge in [-0.15, -0.1) is 0 Å². The number of hydrogen-bond donors (Lipinski definition) is 2. The topological polar surface area (TPSA) is 88.8 Å². The molecule has 23 heavy (non-hydrogen) atoms. The molecule has 1 aliphatic rings. The second-order valence-corrected chi connectivity index (χ2v) is 5.32. The number of benzene rings is 1. The monoisotopic (exact) mass is 334 g/mol. The van der Waals surface area contributed by atoms with E-state index in [2.05, 4.69) is 15.8 Å². The van der Waals surface area contributed by atoms with Crippen molar-refractivity contribution in [2.24, 2.45) is 5.10 Å². The van der Waals surface area contributed by atoms with Crippen molar-refractivity contribution in [1.29, 1.82) is 0 Å². The van der Waals surface area contributed by atoms with E-state index in [0.29, 0.717) is 17.2 Å². The SMILES string of the molecule is O=[N+]([O-])c1ccccc1C=CC=NNC(=S)NCC1CCCO1. The van der Waals surface area contributed by atoms with E-state index in [1.54, 1.807) is 30.4 Å². The van der Waals surface area contributed by atoms with E-state index < -0.39 is 4.92 Å². The van der Waals surface area contributed by atoms with Gasteiger partial charge in [0.25, 0.3) is 5.69 Å². The number of rotatable bonds is 6. The first-order chi connectivity index (χ1) is 11.2. The molecule has 0 spiro atoms. The van der Waals surface area contributed by atoms with Crippen LogP contribution in [0.4, 0.5) is 5.69 Å². The largest absolute Gasteiger partial charge is 0.376 e. The van der Waals surface area contributed by atoms with Gasteiger partial charge in [-0.25, -0.2) is 0 Å². The molecule has 1 aromatic rings. The number of nitro groups is 1. The zero-order chi connectivity index (χ0) is 16.5. The predicted molar refractivity (Wildman–Crippen MR) is 93.3 cm³/mol. The first kappa shape index (κ1) is 17.0. The molecule has 1 saturated heterocycles. The van der Waals surface area contributed by atoms with Gasteiger partial charge in [0.2, 0.25) is 0 Å². The fourth-order valence-corrected chi connectivity index (χ4v) is 2.27. The maximum atomic E-state index is 10.9. The van der Waals surface area contributed by atoms with Crippen molar-refractivity contribution < 1.29 is 9.66 Å². The van der Waals surface area contributed by atoms with Crippen LogP contribution in [0.5, 0.6) is 0 Å². The van der Waals surface area contributed by atoms with Crippen molar-refractivity contribution in [3.05, 3.63) is 46.0 Å². The fourth-order valence-electron chi connectivity index (χ4n) is 2.13. The number of allylic oxidation sites excluding steroid dienone is 1. The van der Waals surface area contributed by atoms with Gasteiger partial charge in [-0.1, -0.05) is 12.1 Å². The molecule has 1 aliphatic heterocycles. The lowest BCUT2D eigenvalue weighted by atomic mass is 10.2. The number of hydrazone groups is 1. The molecule has 1 unspecified atom stereocenters. The smallest absolute Gasteiger partial charge is 0.276 e. The van der Waals surface area contributed by atoms with Gasteiger partial charge < -0.3 is 10.1 Å². The lowest BCUT2D eigenvalue weighted by Crippen LogP contribution is -2.37. The number of thiocarbonyl (C=S) groups is 1. The third-order valence-corrected chi connectivity index (χ3v) is 3.49. The van der Waals surface area contributed by atoms with E-state index in [-0.39, 0.29) is 11.8 Å². The Kier molecular flexibility index (Phi) is 6.64. The molecule has 2 N–H and O–H groups in total. The van der Waals surface area contributed by atoms with Crippen LogP contribution in [-0.4, -0.2) is 35.5 Å². The van der Waals surface area contributed by atoms with Gasteiger partial charge in [0.1, 0.15) is 0 Å². The average molecular weight is 334 g/mol. The number of para-hydroxylation sites is 1. The molecule has 2 rings (SSSR count). The molecular weight excluding hydrogens is 316 g/mol. The van der Waals surface area contributed by atoms with Crippen molar-refractivity contribution in [3.8, 4) is 0 Å². The summed E-state index contributed by atoms with van der Waals surface area (Å²) < 4.78 is 5.47. The molecule has 1 heterocycles. The minimum Gasteiger partial charge on any atom is -0.376 e. The molecule has 0 amide bonds. The van der Waals surface area contributed by atoms with Crippen LogP contribution in [0.25, 0.3) is 6.08 Å². The van der Waals surface area contributed by atoms with Gasteiger partial charge in [-0.2, -0.15) is 5.10 Å². The van der Waals surface area contributed by atoms with Crippen LogP contribution >= 0.6 is 12.2 Å². The van der Waals surface area contributed by atoms with Crippen molar-refractivity contribution in [1.82, 2.24) is 10.7 Å². The summed E-state index contributed by atoms with van der Waals surface area (Å²) in [5, 5.41) is 18.2. The molecule has 8 heteroatoms. The van der Waals surface area contributed by atoms with Crippen molar-refractivity contribution in [3.63, 3.8) is 0 Å². The van der Waals surface area contributed by atoms with E-state index in [0.717, 1.165) is 19.4 Å². The number of nitrogens with zero attached hydrogens (tertiary/aromatic N) is 2. The summed E-state index contributed by atoms with van der Waals surface area (Å²) in [4.78, 5) is 10.5. The Hall–Kier alpha value is -2.32. The maximum Gasteiger partial charge on any atom is 0.276 e. The Labute approximate surface area is 139 Å². The van der Waals surface area contributed by atoms with E-state index in [1.807, 2.05) is 0 Å². The van der Waals surface area contributed by atoms with Crippen LogP contribution in [0.1, 0.15) is 18.4 Å². The number of nitro benzene ring substituents is 1. The summed E-state index contributed by atoms with van der Waals surface area (Å²) in [5.74, 6) is 0. The Morgan fingerprint density at radius 3 is 3.09 bits per heavy atom. The second kappa shape index (κ2) is 8.96. The van der Waals surface area contributed by atoms with Crippen LogP contribution < -0.4 is 10.7 Å². The number of nitrogens with one attached hydrogen (secondary N) is 2. The molecule has 0 radical (unpaired) electrons. The Morgan fingerprint density at radius 2 is 2.35 bits per heavy atom. The molecule has 0 aromatic heterocycles. The summed E-state index contributed by atoms with van der Waals surface area (Å²) in [6, 6.07) is 6.50. The summed E-state index contributed by atoms with van der Waals surface area (Å²) in [5.41, 5.74) is 3.25.